The molecule has 1 aromatic heterocycles. The highest BCUT2D eigenvalue weighted by atomic mass is 16.5. The van der Waals surface area contributed by atoms with Crippen LogP contribution in [0.15, 0.2) is 0 Å². The lowest BCUT2D eigenvalue weighted by atomic mass is 10.2. The molecule has 1 heterocycles. The first-order valence-electron chi connectivity index (χ1n) is 5.49. The summed E-state index contributed by atoms with van der Waals surface area (Å²) in [5, 5.41) is 16.9. The van der Waals surface area contributed by atoms with Crippen molar-refractivity contribution < 1.29 is 14.6 Å². The van der Waals surface area contributed by atoms with Crippen molar-refractivity contribution >= 4 is 5.91 Å². The number of primary amides is 1. The molecule has 7 heteroatoms. The van der Waals surface area contributed by atoms with Gasteiger partial charge in [-0.2, -0.15) is 0 Å². The van der Waals surface area contributed by atoms with Crippen molar-refractivity contribution in [3.63, 3.8) is 0 Å². The lowest BCUT2D eigenvalue weighted by molar-refractivity contribution is 0.0993. The highest BCUT2D eigenvalue weighted by Gasteiger charge is 2.21. The summed E-state index contributed by atoms with van der Waals surface area (Å²) in [4.78, 5) is 11.2. The van der Waals surface area contributed by atoms with Crippen molar-refractivity contribution in [3.8, 4) is 0 Å². The third-order valence-corrected chi connectivity index (χ3v) is 2.60. The zero-order valence-electron chi connectivity index (χ0n) is 10.1. The lowest BCUT2D eigenvalue weighted by Crippen LogP contribution is -2.20. The fraction of sp³-hybridized carbons (Fsp3) is 0.700. The molecule has 1 unspecified atom stereocenters. The first-order chi connectivity index (χ1) is 8.15. The second kappa shape index (κ2) is 6.31. The maximum Gasteiger partial charge on any atom is 0.271 e. The molecule has 0 fully saturated rings. The van der Waals surface area contributed by atoms with Gasteiger partial charge in [-0.15, -0.1) is 5.10 Å². The number of hydrogen-bond donors (Lipinski definition) is 2. The van der Waals surface area contributed by atoms with Crippen molar-refractivity contribution in [2.75, 3.05) is 20.3 Å². The number of nitrogens with two attached hydrogens (primary N) is 1. The van der Waals surface area contributed by atoms with Crippen molar-refractivity contribution in [3.05, 3.63) is 11.4 Å². The van der Waals surface area contributed by atoms with Crippen LogP contribution in [0.5, 0.6) is 0 Å². The van der Waals surface area contributed by atoms with Crippen LogP contribution in [0.25, 0.3) is 0 Å². The van der Waals surface area contributed by atoms with E-state index in [1.807, 2.05) is 6.92 Å². The number of carbonyl (C=O) groups is 1. The highest BCUT2D eigenvalue weighted by Crippen LogP contribution is 2.15. The monoisotopic (exact) mass is 242 g/mol. The Morgan fingerprint density at radius 2 is 2.35 bits per heavy atom. The Hall–Kier alpha value is -1.47. The zero-order valence-corrected chi connectivity index (χ0v) is 10.1. The van der Waals surface area contributed by atoms with E-state index in [1.54, 1.807) is 11.8 Å². The van der Waals surface area contributed by atoms with E-state index in [2.05, 4.69) is 10.3 Å². The molecule has 0 saturated carbocycles. The molecule has 0 aromatic carbocycles. The molecule has 96 valence electrons. The Labute approximate surface area is 99.6 Å². The van der Waals surface area contributed by atoms with E-state index in [0.717, 1.165) is 0 Å². The predicted molar refractivity (Wildman–Crippen MR) is 60.5 cm³/mol. The number of nitrogens with zero attached hydrogens (tertiary/aromatic N) is 3. The summed E-state index contributed by atoms with van der Waals surface area (Å²) in [6.45, 7) is 2.31. The van der Waals surface area contributed by atoms with Crippen molar-refractivity contribution in [1.29, 1.82) is 0 Å². The highest BCUT2D eigenvalue weighted by molar-refractivity contribution is 5.91. The number of aromatic nitrogens is 3. The minimum Gasteiger partial charge on any atom is -0.394 e. The van der Waals surface area contributed by atoms with Crippen LogP contribution in [-0.2, 0) is 11.2 Å². The molecule has 1 amide bonds. The Kier molecular flexibility index (Phi) is 5.05. The zero-order chi connectivity index (χ0) is 12.8. The first-order valence-corrected chi connectivity index (χ1v) is 5.49. The quantitative estimate of drug-likeness (QED) is 0.671. The van der Waals surface area contributed by atoms with Gasteiger partial charge in [0.15, 0.2) is 5.69 Å². The van der Waals surface area contributed by atoms with Gasteiger partial charge in [0.25, 0.3) is 5.91 Å². The molecule has 0 bridgehead atoms. The third-order valence-electron chi connectivity index (χ3n) is 2.60. The second-order valence-corrected chi connectivity index (χ2v) is 3.68. The van der Waals surface area contributed by atoms with Crippen molar-refractivity contribution in [1.82, 2.24) is 15.0 Å². The number of ether oxygens (including phenoxy) is 1. The van der Waals surface area contributed by atoms with Gasteiger partial charge in [0, 0.05) is 13.5 Å². The molecule has 0 radical (unpaired) electrons. The van der Waals surface area contributed by atoms with Gasteiger partial charge < -0.3 is 15.6 Å². The molecule has 1 atom stereocenters. The van der Waals surface area contributed by atoms with Gasteiger partial charge in [0.2, 0.25) is 0 Å². The van der Waals surface area contributed by atoms with E-state index < -0.39 is 5.91 Å². The number of amides is 1. The SMILES string of the molecule is CCC(CO)n1nnc(C(N)=O)c1CCOC. The van der Waals surface area contributed by atoms with Gasteiger partial charge in [0.1, 0.15) is 0 Å². The molecule has 0 aliphatic rings. The summed E-state index contributed by atoms with van der Waals surface area (Å²) in [6, 6.07) is -0.192. The lowest BCUT2D eigenvalue weighted by Gasteiger charge is -2.15. The molecular weight excluding hydrogens is 224 g/mol. The normalized spacial score (nSPS) is 12.6. The van der Waals surface area contributed by atoms with E-state index >= 15 is 0 Å². The van der Waals surface area contributed by atoms with Crippen LogP contribution in [-0.4, -0.2) is 46.3 Å². The number of rotatable bonds is 7. The van der Waals surface area contributed by atoms with E-state index in [0.29, 0.717) is 25.1 Å². The van der Waals surface area contributed by atoms with E-state index in [4.69, 9.17) is 10.5 Å². The van der Waals surface area contributed by atoms with Gasteiger partial charge in [-0.25, -0.2) is 4.68 Å². The molecule has 1 rings (SSSR count). The molecule has 0 aliphatic carbocycles. The number of aliphatic hydroxyl groups excluding tert-OH is 1. The average Bonchev–Trinajstić information content (AvgIpc) is 2.72. The predicted octanol–water partition coefficient (Wildman–Crippen LogP) is -0.491. The molecule has 0 spiro atoms. The maximum atomic E-state index is 11.2. The van der Waals surface area contributed by atoms with E-state index in [-0.39, 0.29) is 18.3 Å². The summed E-state index contributed by atoms with van der Waals surface area (Å²) >= 11 is 0. The van der Waals surface area contributed by atoms with Crippen LogP contribution in [0, 0.1) is 0 Å². The fourth-order valence-electron chi connectivity index (χ4n) is 1.61. The topological polar surface area (TPSA) is 103 Å². The Bertz CT molecular complexity index is 374. The van der Waals surface area contributed by atoms with Crippen LogP contribution in [0.3, 0.4) is 0 Å². The summed E-state index contributed by atoms with van der Waals surface area (Å²) < 4.78 is 6.52. The van der Waals surface area contributed by atoms with Gasteiger partial charge in [-0.05, 0) is 6.42 Å². The summed E-state index contributed by atoms with van der Waals surface area (Å²) in [5.41, 5.74) is 5.98. The fourth-order valence-corrected chi connectivity index (χ4v) is 1.61. The number of methoxy groups -OCH3 is 1. The van der Waals surface area contributed by atoms with Crippen LogP contribution >= 0.6 is 0 Å². The average molecular weight is 242 g/mol. The molecule has 1 aromatic rings. The van der Waals surface area contributed by atoms with Crippen LogP contribution < -0.4 is 5.73 Å². The van der Waals surface area contributed by atoms with Gasteiger partial charge in [-0.1, -0.05) is 12.1 Å². The first kappa shape index (κ1) is 13.6. The molecule has 3 N–H and O–H groups in total. The number of hydrogen-bond acceptors (Lipinski definition) is 5. The summed E-state index contributed by atoms with van der Waals surface area (Å²) in [7, 11) is 1.57. The largest absolute Gasteiger partial charge is 0.394 e. The van der Waals surface area contributed by atoms with Gasteiger partial charge >= 0.3 is 0 Å². The third kappa shape index (κ3) is 3.01. The standard InChI is InChI=1S/C10H18N4O3/c1-3-7(6-15)14-8(4-5-17-2)9(10(11)16)12-13-14/h7,15H,3-6H2,1-2H3,(H2,11,16). The molecule has 7 nitrogen and oxygen atoms in total. The van der Waals surface area contributed by atoms with Crippen LogP contribution in [0.4, 0.5) is 0 Å². The van der Waals surface area contributed by atoms with Crippen molar-refractivity contribution in [2.45, 2.75) is 25.8 Å². The second-order valence-electron chi connectivity index (χ2n) is 3.68. The minimum absolute atomic E-state index is 0.0575. The molecular formula is C10H18N4O3. The number of carbonyl (C=O) groups excluding carboxylic acids is 1. The molecule has 0 saturated heterocycles. The Balaban J connectivity index is 3.07. The Morgan fingerprint density at radius 3 is 2.82 bits per heavy atom. The summed E-state index contributed by atoms with van der Waals surface area (Å²) in [5.74, 6) is -0.616. The van der Waals surface area contributed by atoms with Gasteiger partial charge in [0.05, 0.1) is 24.9 Å². The summed E-state index contributed by atoms with van der Waals surface area (Å²) in [6.07, 6.45) is 1.18. The van der Waals surface area contributed by atoms with Crippen molar-refractivity contribution in [2.24, 2.45) is 5.73 Å². The molecule has 0 aliphatic heterocycles. The van der Waals surface area contributed by atoms with E-state index in [1.165, 1.54) is 0 Å². The number of aliphatic hydroxyl groups is 1. The van der Waals surface area contributed by atoms with E-state index in [9.17, 15) is 9.90 Å². The maximum absolute atomic E-state index is 11.2. The Morgan fingerprint density at radius 1 is 1.65 bits per heavy atom. The van der Waals surface area contributed by atoms with Crippen LogP contribution in [0.2, 0.25) is 0 Å². The molecule has 17 heavy (non-hydrogen) atoms. The van der Waals surface area contributed by atoms with Crippen LogP contribution in [0.1, 0.15) is 35.6 Å². The smallest absolute Gasteiger partial charge is 0.271 e. The van der Waals surface area contributed by atoms with Gasteiger partial charge in [-0.3, -0.25) is 4.79 Å². The minimum atomic E-state index is -0.616.